The molecule has 0 aliphatic rings. The lowest BCUT2D eigenvalue weighted by atomic mass is 9.92. The van der Waals surface area contributed by atoms with Crippen LogP contribution in [-0.2, 0) is 9.53 Å². The lowest BCUT2D eigenvalue weighted by molar-refractivity contribution is -0.166. The van der Waals surface area contributed by atoms with Gasteiger partial charge < -0.3 is 9.84 Å². The van der Waals surface area contributed by atoms with Gasteiger partial charge in [0, 0.05) is 6.42 Å². The van der Waals surface area contributed by atoms with Gasteiger partial charge in [-0.15, -0.1) is 6.58 Å². The van der Waals surface area contributed by atoms with Crippen LogP contribution in [0.3, 0.4) is 0 Å². The maximum atomic E-state index is 14.2. The number of rotatable bonds is 7. The molecule has 0 rings (SSSR count). The summed E-state index contributed by atoms with van der Waals surface area (Å²) in [6.07, 6.45) is 0.537. The Morgan fingerprint density at radius 1 is 1.67 bits per heavy atom. The molecule has 0 aromatic rings. The molecule has 0 aromatic heterocycles. The minimum absolute atomic E-state index is 0.0977. The molecule has 88 valence electrons. The molecule has 0 fully saturated rings. The highest BCUT2D eigenvalue weighted by atomic mass is 19.1. The molecule has 3 nitrogen and oxygen atoms in total. The zero-order valence-corrected chi connectivity index (χ0v) is 9.33. The van der Waals surface area contributed by atoms with Crippen molar-refractivity contribution in [3.8, 4) is 0 Å². The molecule has 0 bridgehead atoms. The topological polar surface area (TPSA) is 46.5 Å². The first-order valence-corrected chi connectivity index (χ1v) is 5.18. The van der Waals surface area contributed by atoms with Gasteiger partial charge in [-0.25, -0.2) is 9.18 Å². The molecule has 0 aromatic carbocycles. The van der Waals surface area contributed by atoms with E-state index in [1.165, 1.54) is 6.08 Å². The van der Waals surface area contributed by atoms with Crippen molar-refractivity contribution in [3.05, 3.63) is 12.7 Å². The highest BCUT2D eigenvalue weighted by Gasteiger charge is 2.45. The predicted octanol–water partition coefficient (Wildman–Crippen LogP) is 1.99. The van der Waals surface area contributed by atoms with E-state index in [2.05, 4.69) is 11.3 Å². The lowest BCUT2D eigenvalue weighted by Gasteiger charge is -2.26. The van der Waals surface area contributed by atoms with E-state index in [0.29, 0.717) is 6.42 Å². The SMILES string of the molecule is C=CC[C@@](F)(C(=O)OCC)[C@H](O)CCC. The van der Waals surface area contributed by atoms with Gasteiger partial charge in [0.25, 0.3) is 0 Å². The van der Waals surface area contributed by atoms with Crippen LogP contribution < -0.4 is 0 Å². The Morgan fingerprint density at radius 3 is 2.67 bits per heavy atom. The first-order valence-electron chi connectivity index (χ1n) is 5.18. The second-order valence-electron chi connectivity index (χ2n) is 3.38. The molecule has 2 atom stereocenters. The Labute approximate surface area is 89.9 Å². The lowest BCUT2D eigenvalue weighted by Crippen LogP contribution is -2.46. The third kappa shape index (κ3) is 3.63. The number of carbonyl (C=O) groups excluding carboxylic acids is 1. The second-order valence-corrected chi connectivity index (χ2v) is 3.38. The fraction of sp³-hybridized carbons (Fsp3) is 0.727. The molecular formula is C11H19FO3. The van der Waals surface area contributed by atoms with E-state index in [4.69, 9.17) is 0 Å². The number of hydrogen-bond donors (Lipinski definition) is 1. The Kier molecular flexibility index (Phi) is 6.17. The smallest absolute Gasteiger partial charge is 0.346 e. The summed E-state index contributed by atoms with van der Waals surface area (Å²) in [5.74, 6) is -1.01. The summed E-state index contributed by atoms with van der Waals surface area (Å²) in [6.45, 7) is 6.87. The molecule has 0 aliphatic carbocycles. The fourth-order valence-corrected chi connectivity index (χ4v) is 1.32. The van der Waals surface area contributed by atoms with Gasteiger partial charge in [-0.05, 0) is 13.3 Å². The molecule has 1 N–H and O–H groups in total. The third-order valence-corrected chi connectivity index (χ3v) is 2.15. The van der Waals surface area contributed by atoms with Crippen LogP contribution in [0.5, 0.6) is 0 Å². The summed E-state index contributed by atoms with van der Waals surface area (Å²) < 4.78 is 18.8. The number of ether oxygens (including phenoxy) is 1. The summed E-state index contributed by atoms with van der Waals surface area (Å²) >= 11 is 0. The van der Waals surface area contributed by atoms with E-state index in [1.807, 2.05) is 6.92 Å². The van der Waals surface area contributed by atoms with Gasteiger partial charge in [0.1, 0.15) is 0 Å². The number of aliphatic hydroxyl groups is 1. The van der Waals surface area contributed by atoms with Crippen LogP contribution in [-0.4, -0.2) is 29.5 Å². The van der Waals surface area contributed by atoms with Gasteiger partial charge in [-0.1, -0.05) is 19.4 Å². The van der Waals surface area contributed by atoms with E-state index in [0.717, 1.165) is 0 Å². The van der Waals surface area contributed by atoms with E-state index in [9.17, 15) is 14.3 Å². The van der Waals surface area contributed by atoms with Gasteiger partial charge in [-0.2, -0.15) is 0 Å². The van der Waals surface area contributed by atoms with Crippen molar-refractivity contribution in [2.45, 2.75) is 44.9 Å². The summed E-state index contributed by atoms with van der Waals surface area (Å²) in [4.78, 5) is 11.4. The quantitative estimate of drug-likeness (QED) is 0.525. The molecular weight excluding hydrogens is 199 g/mol. The first-order chi connectivity index (χ1) is 7.02. The third-order valence-electron chi connectivity index (χ3n) is 2.15. The van der Waals surface area contributed by atoms with Crippen LogP contribution in [0.25, 0.3) is 0 Å². The zero-order valence-electron chi connectivity index (χ0n) is 9.33. The normalized spacial score (nSPS) is 16.5. The number of allylic oxidation sites excluding steroid dienone is 1. The fourth-order valence-electron chi connectivity index (χ4n) is 1.32. The van der Waals surface area contributed by atoms with Crippen molar-refractivity contribution >= 4 is 5.97 Å². The molecule has 15 heavy (non-hydrogen) atoms. The molecule has 0 radical (unpaired) electrons. The molecule has 0 spiro atoms. The minimum Gasteiger partial charge on any atom is -0.464 e. The van der Waals surface area contributed by atoms with E-state index in [-0.39, 0.29) is 19.4 Å². The molecule has 0 heterocycles. The number of alkyl halides is 1. The Bertz CT molecular complexity index is 218. The van der Waals surface area contributed by atoms with Crippen LogP contribution in [0.15, 0.2) is 12.7 Å². The molecule has 4 heteroatoms. The van der Waals surface area contributed by atoms with Crippen LogP contribution in [0.1, 0.15) is 33.1 Å². The molecule has 0 aliphatic heterocycles. The number of esters is 1. The van der Waals surface area contributed by atoms with Crippen molar-refractivity contribution in [2.24, 2.45) is 0 Å². The zero-order chi connectivity index (χ0) is 11.9. The number of carbonyl (C=O) groups is 1. The van der Waals surface area contributed by atoms with E-state index >= 15 is 0 Å². The van der Waals surface area contributed by atoms with Crippen LogP contribution in [0.2, 0.25) is 0 Å². The van der Waals surface area contributed by atoms with Crippen LogP contribution in [0, 0.1) is 0 Å². The number of hydrogen-bond acceptors (Lipinski definition) is 3. The van der Waals surface area contributed by atoms with Crippen molar-refractivity contribution in [3.63, 3.8) is 0 Å². The Morgan fingerprint density at radius 2 is 2.27 bits per heavy atom. The standard InChI is InChI=1S/C11H19FO3/c1-4-7-9(13)11(12,8-5-2)10(14)15-6-3/h5,9,13H,2,4,6-8H2,1,3H3/t9-,11+/m1/s1. The maximum absolute atomic E-state index is 14.2. The predicted molar refractivity (Wildman–Crippen MR) is 56.2 cm³/mol. The van der Waals surface area contributed by atoms with Gasteiger partial charge in [0.2, 0.25) is 5.67 Å². The van der Waals surface area contributed by atoms with Crippen molar-refractivity contribution < 1.29 is 19.0 Å². The molecule has 0 amide bonds. The number of aliphatic hydroxyl groups excluding tert-OH is 1. The second kappa shape index (κ2) is 6.56. The molecule has 0 unspecified atom stereocenters. The first kappa shape index (κ1) is 14.1. The van der Waals surface area contributed by atoms with E-state index in [1.54, 1.807) is 6.92 Å². The van der Waals surface area contributed by atoms with Crippen LogP contribution in [0.4, 0.5) is 4.39 Å². The Balaban J connectivity index is 4.69. The number of halogens is 1. The summed E-state index contributed by atoms with van der Waals surface area (Å²) in [7, 11) is 0. The highest BCUT2D eigenvalue weighted by molar-refractivity contribution is 5.80. The highest BCUT2D eigenvalue weighted by Crippen LogP contribution is 2.26. The summed E-state index contributed by atoms with van der Waals surface area (Å²) in [5, 5.41) is 9.57. The summed E-state index contributed by atoms with van der Waals surface area (Å²) in [5.41, 5.74) is -2.35. The average Bonchev–Trinajstić information content (AvgIpc) is 2.18. The van der Waals surface area contributed by atoms with Gasteiger partial charge in [0.05, 0.1) is 12.7 Å². The van der Waals surface area contributed by atoms with Gasteiger partial charge >= 0.3 is 5.97 Å². The largest absolute Gasteiger partial charge is 0.464 e. The minimum atomic E-state index is -2.35. The van der Waals surface area contributed by atoms with Crippen molar-refractivity contribution in [1.29, 1.82) is 0 Å². The summed E-state index contributed by atoms with van der Waals surface area (Å²) in [6, 6.07) is 0. The van der Waals surface area contributed by atoms with Crippen molar-refractivity contribution in [1.82, 2.24) is 0 Å². The van der Waals surface area contributed by atoms with Gasteiger partial charge in [-0.3, -0.25) is 0 Å². The van der Waals surface area contributed by atoms with E-state index < -0.39 is 17.7 Å². The molecule has 0 saturated carbocycles. The molecule has 0 saturated heterocycles. The maximum Gasteiger partial charge on any atom is 0.346 e. The van der Waals surface area contributed by atoms with Gasteiger partial charge in [0.15, 0.2) is 0 Å². The van der Waals surface area contributed by atoms with Crippen LogP contribution >= 0.6 is 0 Å². The average molecular weight is 218 g/mol. The Hall–Kier alpha value is -0.900. The monoisotopic (exact) mass is 218 g/mol. The van der Waals surface area contributed by atoms with Crippen molar-refractivity contribution in [2.75, 3.05) is 6.61 Å².